The van der Waals surface area contributed by atoms with Crippen LogP contribution < -0.4 is 5.32 Å². The zero-order chi connectivity index (χ0) is 16.1. The Hall–Kier alpha value is -2.67. The lowest BCUT2D eigenvalue weighted by atomic mass is 9.98. The van der Waals surface area contributed by atoms with E-state index in [4.69, 9.17) is 0 Å². The summed E-state index contributed by atoms with van der Waals surface area (Å²) in [4.78, 5) is 0. The Morgan fingerprint density at radius 2 is 1.61 bits per heavy atom. The maximum absolute atomic E-state index is 9.71. The van der Waals surface area contributed by atoms with Gasteiger partial charge in [-0.05, 0) is 21.9 Å². The number of fused-ring (bicyclic) bond motifs is 1. The molecule has 0 bridgehead atoms. The van der Waals surface area contributed by atoms with Crippen molar-refractivity contribution < 1.29 is 5.11 Å². The van der Waals surface area contributed by atoms with Gasteiger partial charge in [-0.25, -0.2) is 0 Å². The first-order chi connectivity index (χ1) is 11.3. The van der Waals surface area contributed by atoms with Crippen molar-refractivity contribution in [1.29, 1.82) is 5.26 Å². The first kappa shape index (κ1) is 15.2. The van der Waals surface area contributed by atoms with Gasteiger partial charge in [0.2, 0.25) is 0 Å². The maximum Gasteiger partial charge on any atom is 0.122 e. The predicted molar refractivity (Wildman–Crippen MR) is 91.7 cm³/mol. The van der Waals surface area contributed by atoms with E-state index in [0.29, 0.717) is 0 Å². The Morgan fingerprint density at radius 1 is 0.913 bits per heavy atom. The van der Waals surface area contributed by atoms with Crippen molar-refractivity contribution in [2.24, 2.45) is 0 Å². The van der Waals surface area contributed by atoms with Crippen LogP contribution in [0.2, 0.25) is 0 Å². The van der Waals surface area contributed by atoms with Crippen LogP contribution in [0, 0.1) is 11.3 Å². The topological polar surface area (TPSA) is 56.0 Å². The van der Waals surface area contributed by atoms with Crippen molar-refractivity contribution in [3.8, 4) is 6.07 Å². The summed E-state index contributed by atoms with van der Waals surface area (Å²) >= 11 is 0. The number of benzene rings is 3. The largest absolute Gasteiger partial charge is 0.394 e. The van der Waals surface area contributed by atoms with Crippen LogP contribution in [-0.2, 0) is 0 Å². The normalized spacial score (nSPS) is 13.4. The molecule has 0 aliphatic carbocycles. The highest BCUT2D eigenvalue weighted by molar-refractivity contribution is 5.86. The lowest BCUT2D eigenvalue weighted by Crippen LogP contribution is -2.28. The fourth-order valence-corrected chi connectivity index (χ4v) is 2.84. The molecule has 3 aromatic carbocycles. The molecular formula is C20H18N2O. The molecule has 0 heterocycles. The summed E-state index contributed by atoms with van der Waals surface area (Å²) in [6, 6.07) is 25.2. The number of hydrogen-bond acceptors (Lipinski definition) is 3. The molecule has 0 aromatic heterocycles. The SMILES string of the molecule is N#C[C@H](N[C@@H](CO)c1ccccc1)c1cccc2ccccc12. The zero-order valence-corrected chi connectivity index (χ0v) is 12.7. The predicted octanol–water partition coefficient (Wildman–Crippen LogP) is 3.73. The number of hydrogen-bond donors (Lipinski definition) is 2. The van der Waals surface area contributed by atoms with Crippen LogP contribution in [0.25, 0.3) is 10.8 Å². The van der Waals surface area contributed by atoms with Gasteiger partial charge >= 0.3 is 0 Å². The molecule has 3 nitrogen and oxygen atoms in total. The van der Waals surface area contributed by atoms with Gasteiger partial charge in [0, 0.05) is 0 Å². The fraction of sp³-hybridized carbons (Fsp3) is 0.150. The lowest BCUT2D eigenvalue weighted by molar-refractivity contribution is 0.240. The Labute approximate surface area is 135 Å². The van der Waals surface area contributed by atoms with Gasteiger partial charge in [-0.3, -0.25) is 5.32 Å². The number of aliphatic hydroxyl groups excluding tert-OH is 1. The van der Waals surface area contributed by atoms with E-state index < -0.39 is 6.04 Å². The van der Waals surface area contributed by atoms with E-state index in [0.717, 1.165) is 21.9 Å². The molecule has 2 atom stereocenters. The average Bonchev–Trinajstić information content (AvgIpc) is 2.63. The molecule has 0 aliphatic rings. The summed E-state index contributed by atoms with van der Waals surface area (Å²) in [5.74, 6) is 0. The van der Waals surface area contributed by atoms with Gasteiger partial charge in [0.15, 0.2) is 0 Å². The third-order valence-electron chi connectivity index (χ3n) is 4.02. The molecule has 0 unspecified atom stereocenters. The van der Waals surface area contributed by atoms with Gasteiger partial charge in [-0.15, -0.1) is 0 Å². The minimum absolute atomic E-state index is 0.0625. The highest BCUT2D eigenvalue weighted by Crippen LogP contribution is 2.26. The van der Waals surface area contributed by atoms with Crippen molar-refractivity contribution in [1.82, 2.24) is 5.32 Å². The summed E-state index contributed by atoms with van der Waals surface area (Å²) in [6.45, 7) is -0.0625. The van der Waals surface area contributed by atoms with Crippen LogP contribution in [0.1, 0.15) is 23.2 Å². The third kappa shape index (κ3) is 3.24. The molecule has 0 fully saturated rings. The molecule has 0 saturated carbocycles. The molecule has 0 aliphatic heterocycles. The second-order valence-electron chi connectivity index (χ2n) is 5.44. The first-order valence-electron chi connectivity index (χ1n) is 7.62. The van der Waals surface area contributed by atoms with Gasteiger partial charge < -0.3 is 5.11 Å². The van der Waals surface area contributed by atoms with E-state index >= 15 is 0 Å². The maximum atomic E-state index is 9.71. The number of aliphatic hydroxyl groups is 1. The van der Waals surface area contributed by atoms with Crippen molar-refractivity contribution in [3.05, 3.63) is 83.9 Å². The molecule has 0 radical (unpaired) electrons. The van der Waals surface area contributed by atoms with Crippen molar-refractivity contribution in [3.63, 3.8) is 0 Å². The molecule has 23 heavy (non-hydrogen) atoms. The van der Waals surface area contributed by atoms with Gasteiger partial charge in [-0.1, -0.05) is 72.8 Å². The van der Waals surface area contributed by atoms with Crippen LogP contribution in [0.15, 0.2) is 72.8 Å². The smallest absolute Gasteiger partial charge is 0.122 e. The van der Waals surface area contributed by atoms with E-state index in [1.165, 1.54) is 0 Å². The van der Waals surface area contributed by atoms with Gasteiger partial charge in [0.25, 0.3) is 0 Å². The highest BCUT2D eigenvalue weighted by Gasteiger charge is 2.19. The number of nitriles is 1. The molecule has 0 spiro atoms. The third-order valence-corrected chi connectivity index (χ3v) is 4.02. The summed E-state index contributed by atoms with van der Waals surface area (Å²) in [6.07, 6.45) is 0. The average molecular weight is 302 g/mol. The van der Waals surface area contributed by atoms with Crippen molar-refractivity contribution in [2.45, 2.75) is 12.1 Å². The number of nitrogens with zero attached hydrogens (tertiary/aromatic N) is 1. The Balaban J connectivity index is 1.95. The zero-order valence-electron chi connectivity index (χ0n) is 12.7. The molecule has 114 valence electrons. The van der Waals surface area contributed by atoms with E-state index in [2.05, 4.69) is 11.4 Å². The van der Waals surface area contributed by atoms with Crippen LogP contribution in [0.3, 0.4) is 0 Å². The van der Waals surface area contributed by atoms with Crippen molar-refractivity contribution >= 4 is 10.8 Å². The Morgan fingerprint density at radius 3 is 2.35 bits per heavy atom. The summed E-state index contributed by atoms with van der Waals surface area (Å²) < 4.78 is 0. The molecule has 2 N–H and O–H groups in total. The van der Waals surface area contributed by atoms with Crippen LogP contribution in [-0.4, -0.2) is 11.7 Å². The molecule has 3 heteroatoms. The molecule has 0 amide bonds. The summed E-state index contributed by atoms with van der Waals surface area (Å²) in [5, 5.41) is 24.8. The fourth-order valence-electron chi connectivity index (χ4n) is 2.84. The van der Waals surface area contributed by atoms with Gasteiger partial charge in [0.1, 0.15) is 6.04 Å². The first-order valence-corrected chi connectivity index (χ1v) is 7.62. The molecule has 3 aromatic rings. The second kappa shape index (κ2) is 7.06. The summed E-state index contributed by atoms with van der Waals surface area (Å²) in [5.41, 5.74) is 1.90. The minimum atomic E-state index is -0.488. The highest BCUT2D eigenvalue weighted by atomic mass is 16.3. The van der Waals surface area contributed by atoms with Crippen LogP contribution in [0.5, 0.6) is 0 Å². The molecule has 3 rings (SSSR count). The second-order valence-corrected chi connectivity index (χ2v) is 5.44. The quantitative estimate of drug-likeness (QED) is 0.755. The van der Waals surface area contributed by atoms with Crippen LogP contribution >= 0.6 is 0 Å². The minimum Gasteiger partial charge on any atom is -0.394 e. The molecule has 0 saturated heterocycles. The van der Waals surface area contributed by atoms with E-state index in [1.807, 2.05) is 72.8 Å². The Bertz CT molecular complexity index is 818. The van der Waals surface area contributed by atoms with Crippen molar-refractivity contribution in [2.75, 3.05) is 6.61 Å². The summed E-state index contributed by atoms with van der Waals surface area (Å²) in [7, 11) is 0. The lowest BCUT2D eigenvalue weighted by Gasteiger charge is -2.21. The van der Waals surface area contributed by atoms with Gasteiger partial charge in [-0.2, -0.15) is 5.26 Å². The Kier molecular flexibility index (Phi) is 4.68. The van der Waals surface area contributed by atoms with E-state index in [9.17, 15) is 10.4 Å². The monoisotopic (exact) mass is 302 g/mol. The standard InChI is InChI=1S/C20H18N2O/c21-13-19(22-20(14-23)16-8-2-1-3-9-16)18-12-6-10-15-7-4-5-11-17(15)18/h1-12,19-20,22-23H,14H2/t19-,20-/m0/s1. The van der Waals surface area contributed by atoms with Crippen LogP contribution in [0.4, 0.5) is 0 Å². The molecular weight excluding hydrogens is 284 g/mol. The van der Waals surface area contributed by atoms with E-state index in [-0.39, 0.29) is 12.6 Å². The van der Waals surface area contributed by atoms with Gasteiger partial charge in [0.05, 0.1) is 18.7 Å². The number of rotatable bonds is 5. The number of nitrogens with one attached hydrogen (secondary N) is 1. The van der Waals surface area contributed by atoms with E-state index in [1.54, 1.807) is 0 Å².